The van der Waals surface area contributed by atoms with E-state index in [1.54, 1.807) is 23.1 Å². The molecule has 0 saturated carbocycles. The number of amides is 2. The van der Waals surface area contributed by atoms with E-state index in [4.69, 9.17) is 14.2 Å². The summed E-state index contributed by atoms with van der Waals surface area (Å²) in [5.74, 6) is -0.830. The standard InChI is InChI=1S/C23H26N2O6/c1-14-5-6-17(9-15(14)2)25-12-16(10-22(25)27)23(28)31-13-21(26)24-19-8-7-18(29-3)11-20(19)30-4/h5-9,11,16H,10,12-13H2,1-4H3,(H,24,26)/t16-/m1/s1. The van der Waals surface area contributed by atoms with Crippen LogP contribution in [0.3, 0.4) is 0 Å². The largest absolute Gasteiger partial charge is 0.497 e. The van der Waals surface area contributed by atoms with Gasteiger partial charge in [-0.25, -0.2) is 0 Å². The first kappa shape index (κ1) is 22.1. The minimum atomic E-state index is -0.613. The molecule has 0 bridgehead atoms. The molecule has 164 valence electrons. The van der Waals surface area contributed by atoms with Crippen LogP contribution in [0, 0.1) is 19.8 Å². The summed E-state index contributed by atoms with van der Waals surface area (Å²) in [5, 5.41) is 2.64. The lowest BCUT2D eigenvalue weighted by Crippen LogP contribution is -2.28. The Balaban J connectivity index is 1.55. The smallest absolute Gasteiger partial charge is 0.311 e. The van der Waals surface area contributed by atoms with Crippen molar-refractivity contribution in [3.05, 3.63) is 47.5 Å². The Bertz CT molecular complexity index is 1000. The Morgan fingerprint density at radius 2 is 1.84 bits per heavy atom. The van der Waals surface area contributed by atoms with E-state index in [-0.39, 0.29) is 18.9 Å². The number of benzene rings is 2. The van der Waals surface area contributed by atoms with E-state index < -0.39 is 24.4 Å². The summed E-state index contributed by atoms with van der Waals surface area (Å²) >= 11 is 0. The number of methoxy groups -OCH3 is 2. The number of nitrogens with zero attached hydrogens (tertiary/aromatic N) is 1. The molecule has 1 atom stereocenters. The third-order valence-corrected chi connectivity index (χ3v) is 5.29. The number of hydrogen-bond acceptors (Lipinski definition) is 6. The van der Waals surface area contributed by atoms with Crippen molar-refractivity contribution in [2.45, 2.75) is 20.3 Å². The Hall–Kier alpha value is -3.55. The fourth-order valence-electron chi connectivity index (χ4n) is 3.35. The molecule has 1 aliphatic heterocycles. The highest BCUT2D eigenvalue weighted by Crippen LogP contribution is 2.29. The van der Waals surface area contributed by atoms with E-state index in [1.165, 1.54) is 14.2 Å². The second-order valence-corrected chi connectivity index (χ2v) is 7.40. The van der Waals surface area contributed by atoms with E-state index in [2.05, 4.69) is 5.32 Å². The van der Waals surface area contributed by atoms with Crippen molar-refractivity contribution in [2.24, 2.45) is 5.92 Å². The predicted molar refractivity (Wildman–Crippen MR) is 116 cm³/mol. The Morgan fingerprint density at radius 3 is 2.52 bits per heavy atom. The highest BCUT2D eigenvalue weighted by atomic mass is 16.5. The lowest BCUT2D eigenvalue weighted by molar-refractivity contribution is -0.151. The molecule has 1 saturated heterocycles. The van der Waals surface area contributed by atoms with E-state index in [1.807, 2.05) is 32.0 Å². The highest BCUT2D eigenvalue weighted by Gasteiger charge is 2.36. The second kappa shape index (κ2) is 9.51. The number of rotatable bonds is 7. The zero-order valence-electron chi connectivity index (χ0n) is 18.1. The lowest BCUT2D eigenvalue weighted by atomic mass is 10.1. The zero-order valence-corrected chi connectivity index (χ0v) is 18.1. The fourth-order valence-corrected chi connectivity index (χ4v) is 3.35. The van der Waals surface area contributed by atoms with Gasteiger partial charge in [0.15, 0.2) is 6.61 Å². The van der Waals surface area contributed by atoms with E-state index in [0.717, 1.165) is 16.8 Å². The molecule has 1 N–H and O–H groups in total. The van der Waals surface area contributed by atoms with E-state index in [0.29, 0.717) is 17.2 Å². The number of carbonyl (C=O) groups excluding carboxylic acids is 3. The highest BCUT2D eigenvalue weighted by molar-refractivity contribution is 6.00. The normalized spacial score (nSPS) is 15.5. The van der Waals surface area contributed by atoms with Gasteiger partial charge >= 0.3 is 5.97 Å². The minimum Gasteiger partial charge on any atom is -0.497 e. The molecule has 8 heteroatoms. The van der Waals surface area contributed by atoms with Crippen molar-refractivity contribution in [2.75, 3.05) is 37.6 Å². The maximum absolute atomic E-state index is 12.4. The average Bonchev–Trinajstić information content (AvgIpc) is 3.16. The van der Waals surface area contributed by atoms with Gasteiger partial charge in [0, 0.05) is 24.7 Å². The summed E-state index contributed by atoms with van der Waals surface area (Å²) in [4.78, 5) is 38.6. The van der Waals surface area contributed by atoms with Crippen molar-refractivity contribution < 1.29 is 28.6 Å². The maximum atomic E-state index is 12.4. The molecule has 0 aliphatic carbocycles. The van der Waals surface area contributed by atoms with Crippen molar-refractivity contribution in [1.29, 1.82) is 0 Å². The van der Waals surface area contributed by atoms with Gasteiger partial charge in [-0.2, -0.15) is 0 Å². The molecular weight excluding hydrogens is 400 g/mol. The predicted octanol–water partition coefficient (Wildman–Crippen LogP) is 2.86. The Kier molecular flexibility index (Phi) is 6.79. The lowest BCUT2D eigenvalue weighted by Gasteiger charge is -2.18. The van der Waals surface area contributed by atoms with Gasteiger partial charge in [-0.15, -0.1) is 0 Å². The molecule has 1 fully saturated rings. The number of carbonyl (C=O) groups is 3. The number of aryl methyl sites for hydroxylation is 2. The van der Waals surface area contributed by atoms with Crippen molar-refractivity contribution in [3.8, 4) is 11.5 Å². The molecule has 0 spiro atoms. The van der Waals surface area contributed by atoms with Crippen LogP contribution in [0.1, 0.15) is 17.5 Å². The number of anilines is 2. The van der Waals surface area contributed by atoms with E-state index in [9.17, 15) is 14.4 Å². The molecule has 1 heterocycles. The van der Waals surface area contributed by atoms with Gasteiger partial charge in [0.1, 0.15) is 11.5 Å². The van der Waals surface area contributed by atoms with Gasteiger partial charge in [0.2, 0.25) is 5.91 Å². The molecule has 31 heavy (non-hydrogen) atoms. The molecule has 0 unspecified atom stereocenters. The first-order chi connectivity index (χ1) is 14.8. The molecule has 0 aromatic heterocycles. The first-order valence-corrected chi connectivity index (χ1v) is 9.88. The molecule has 3 rings (SSSR count). The monoisotopic (exact) mass is 426 g/mol. The van der Waals surface area contributed by atoms with Gasteiger partial charge in [0.25, 0.3) is 5.91 Å². The SMILES string of the molecule is COc1ccc(NC(=O)COC(=O)[C@@H]2CC(=O)N(c3ccc(C)c(C)c3)C2)c(OC)c1. The molecule has 2 aromatic rings. The number of nitrogens with one attached hydrogen (secondary N) is 1. The summed E-state index contributed by atoms with van der Waals surface area (Å²) in [7, 11) is 3.00. The molecule has 2 aromatic carbocycles. The molecule has 8 nitrogen and oxygen atoms in total. The van der Waals surface area contributed by atoms with Crippen LogP contribution in [-0.4, -0.2) is 45.2 Å². The van der Waals surface area contributed by atoms with Crippen LogP contribution in [0.5, 0.6) is 11.5 Å². The van der Waals surface area contributed by atoms with Crippen LogP contribution in [0.4, 0.5) is 11.4 Å². The van der Waals surface area contributed by atoms with Gasteiger partial charge in [-0.05, 0) is 49.2 Å². The van der Waals surface area contributed by atoms with Crippen LogP contribution in [0.15, 0.2) is 36.4 Å². The van der Waals surface area contributed by atoms with Crippen molar-refractivity contribution in [3.63, 3.8) is 0 Å². The van der Waals surface area contributed by atoms with Gasteiger partial charge in [-0.3, -0.25) is 14.4 Å². The Morgan fingerprint density at radius 1 is 1.06 bits per heavy atom. The van der Waals surface area contributed by atoms with Crippen LogP contribution in [-0.2, 0) is 19.1 Å². The first-order valence-electron chi connectivity index (χ1n) is 9.88. The maximum Gasteiger partial charge on any atom is 0.311 e. The fraction of sp³-hybridized carbons (Fsp3) is 0.348. The Labute approximate surface area is 181 Å². The molecular formula is C23H26N2O6. The van der Waals surface area contributed by atoms with Crippen molar-refractivity contribution >= 4 is 29.2 Å². The number of ether oxygens (including phenoxy) is 3. The average molecular weight is 426 g/mol. The minimum absolute atomic E-state index is 0.0552. The summed E-state index contributed by atoms with van der Waals surface area (Å²) in [5.41, 5.74) is 3.39. The van der Waals surface area contributed by atoms with Gasteiger partial charge in [0.05, 0.1) is 25.8 Å². The third kappa shape index (κ3) is 5.14. The number of hydrogen-bond donors (Lipinski definition) is 1. The second-order valence-electron chi connectivity index (χ2n) is 7.40. The van der Waals surface area contributed by atoms with Gasteiger partial charge < -0.3 is 24.4 Å². The topological polar surface area (TPSA) is 94.2 Å². The number of esters is 1. The van der Waals surface area contributed by atoms with Crippen LogP contribution in [0.25, 0.3) is 0 Å². The third-order valence-electron chi connectivity index (χ3n) is 5.29. The van der Waals surface area contributed by atoms with Crippen LogP contribution >= 0.6 is 0 Å². The molecule has 2 amide bonds. The van der Waals surface area contributed by atoms with Gasteiger partial charge in [-0.1, -0.05) is 6.07 Å². The van der Waals surface area contributed by atoms with Crippen LogP contribution < -0.4 is 19.7 Å². The molecule has 1 aliphatic rings. The summed E-state index contributed by atoms with van der Waals surface area (Å²) in [6.07, 6.45) is 0.0552. The molecule has 0 radical (unpaired) electrons. The van der Waals surface area contributed by atoms with Crippen molar-refractivity contribution in [1.82, 2.24) is 0 Å². The zero-order chi connectivity index (χ0) is 22.5. The van der Waals surface area contributed by atoms with Crippen LogP contribution in [0.2, 0.25) is 0 Å². The summed E-state index contributed by atoms with van der Waals surface area (Å²) in [6.45, 7) is 3.75. The quantitative estimate of drug-likeness (QED) is 0.685. The summed E-state index contributed by atoms with van der Waals surface area (Å²) in [6, 6.07) is 10.7. The summed E-state index contributed by atoms with van der Waals surface area (Å²) < 4.78 is 15.5. The van der Waals surface area contributed by atoms with E-state index >= 15 is 0 Å².